The van der Waals surface area contributed by atoms with Crippen molar-refractivity contribution in [3.63, 3.8) is 0 Å². The van der Waals surface area contributed by atoms with Gasteiger partial charge in [0.15, 0.2) is 17.1 Å². The highest BCUT2D eigenvalue weighted by molar-refractivity contribution is 5.79. The maximum absolute atomic E-state index is 12.8. The number of oxazole rings is 1. The fourth-order valence-corrected chi connectivity index (χ4v) is 3.76. The first-order valence-corrected chi connectivity index (χ1v) is 9.79. The molecule has 29 heavy (non-hydrogen) atoms. The van der Waals surface area contributed by atoms with Gasteiger partial charge in [-0.05, 0) is 30.7 Å². The van der Waals surface area contributed by atoms with Gasteiger partial charge in [-0.3, -0.25) is 19.1 Å². The Morgan fingerprint density at radius 3 is 2.86 bits per heavy atom. The summed E-state index contributed by atoms with van der Waals surface area (Å²) in [7, 11) is 0. The largest absolute Gasteiger partial charge is 0.441 e. The van der Waals surface area contributed by atoms with Crippen molar-refractivity contribution in [3.05, 3.63) is 64.7 Å². The third-order valence-electron chi connectivity index (χ3n) is 5.41. The lowest BCUT2D eigenvalue weighted by atomic mass is 10.1. The second-order valence-corrected chi connectivity index (χ2v) is 7.27. The van der Waals surface area contributed by atoms with Crippen LogP contribution in [0.3, 0.4) is 0 Å². The minimum atomic E-state index is -0.130. The second-order valence-electron chi connectivity index (χ2n) is 7.27. The molecule has 3 aromatic heterocycles. The molecule has 7 nitrogen and oxygen atoms in total. The highest BCUT2D eigenvalue weighted by Gasteiger charge is 2.14. The normalized spacial score (nSPS) is 15.2. The van der Waals surface area contributed by atoms with Gasteiger partial charge in [0, 0.05) is 37.8 Å². The molecule has 1 aromatic carbocycles. The van der Waals surface area contributed by atoms with Crippen molar-refractivity contribution in [1.82, 2.24) is 24.3 Å². The van der Waals surface area contributed by atoms with Gasteiger partial charge in [0.05, 0.1) is 17.6 Å². The first kappa shape index (κ1) is 17.8. The first-order chi connectivity index (χ1) is 14.1. The minimum absolute atomic E-state index is 0.130. The summed E-state index contributed by atoms with van der Waals surface area (Å²) in [5, 5.41) is 0. The summed E-state index contributed by atoms with van der Waals surface area (Å²) >= 11 is 0. The van der Waals surface area contributed by atoms with Crippen LogP contribution in [0.2, 0.25) is 0 Å². The summed E-state index contributed by atoms with van der Waals surface area (Å²) in [5.74, 6) is 0.611. The summed E-state index contributed by atoms with van der Waals surface area (Å²) < 4.78 is 7.17. The maximum Gasteiger partial charge on any atom is 0.258 e. The first-order valence-electron chi connectivity index (χ1n) is 9.79. The van der Waals surface area contributed by atoms with Crippen LogP contribution in [0.25, 0.3) is 33.6 Å². The molecule has 146 valence electrons. The molecule has 5 rings (SSSR count). The Hall–Kier alpha value is -3.32. The standard InChI is InChI=1S/C22H21N5O2/c1-3-26-8-6-15(7-9-26)19-13-27-21(12-23-19)25-18(11-22(27)28)16-4-5-17-20(10-16)29-14(2)24-17/h4-6,10-13H,3,7-9H2,1-2H3. The van der Waals surface area contributed by atoms with E-state index >= 15 is 0 Å². The van der Waals surface area contributed by atoms with Gasteiger partial charge < -0.3 is 4.42 Å². The van der Waals surface area contributed by atoms with Crippen LogP contribution in [0, 0.1) is 6.92 Å². The number of likely N-dealkylation sites (N-methyl/N-ethyl adjacent to an activating group) is 1. The molecule has 1 aliphatic heterocycles. The number of rotatable bonds is 3. The molecule has 0 N–H and O–H groups in total. The lowest BCUT2D eigenvalue weighted by Gasteiger charge is -2.24. The van der Waals surface area contributed by atoms with Crippen molar-refractivity contribution in [2.75, 3.05) is 19.6 Å². The van der Waals surface area contributed by atoms with Crippen molar-refractivity contribution >= 4 is 22.3 Å². The summed E-state index contributed by atoms with van der Waals surface area (Å²) in [6.45, 7) is 6.95. The summed E-state index contributed by atoms with van der Waals surface area (Å²) in [4.78, 5) is 28.7. The van der Waals surface area contributed by atoms with Gasteiger partial charge in [0.25, 0.3) is 5.56 Å². The molecule has 0 atom stereocenters. The molecule has 1 aliphatic rings. The number of benzene rings is 1. The molecule has 0 spiro atoms. The fraction of sp³-hybridized carbons (Fsp3) is 0.273. The quantitative estimate of drug-likeness (QED) is 0.537. The van der Waals surface area contributed by atoms with E-state index in [0.29, 0.717) is 22.8 Å². The van der Waals surface area contributed by atoms with Crippen molar-refractivity contribution in [1.29, 1.82) is 0 Å². The van der Waals surface area contributed by atoms with Crippen LogP contribution in [0.4, 0.5) is 0 Å². The van der Waals surface area contributed by atoms with Crippen molar-refractivity contribution < 1.29 is 4.42 Å². The monoisotopic (exact) mass is 387 g/mol. The number of hydrogen-bond acceptors (Lipinski definition) is 6. The zero-order chi connectivity index (χ0) is 20.0. The molecule has 0 saturated heterocycles. The SMILES string of the molecule is CCN1CC=C(c2cn3c(=O)cc(-c4ccc5nc(C)oc5c4)nc3cn2)CC1. The number of fused-ring (bicyclic) bond motifs is 2. The summed E-state index contributed by atoms with van der Waals surface area (Å²) in [5.41, 5.74) is 5.29. The number of aromatic nitrogens is 4. The van der Waals surface area contributed by atoms with Gasteiger partial charge in [-0.15, -0.1) is 0 Å². The van der Waals surface area contributed by atoms with E-state index in [1.165, 1.54) is 5.57 Å². The van der Waals surface area contributed by atoms with Gasteiger partial charge in [-0.1, -0.05) is 19.1 Å². The Morgan fingerprint density at radius 1 is 1.17 bits per heavy atom. The summed E-state index contributed by atoms with van der Waals surface area (Å²) in [6.07, 6.45) is 6.60. The molecule has 4 aromatic rings. The Morgan fingerprint density at radius 2 is 2.07 bits per heavy atom. The predicted octanol–water partition coefficient (Wildman–Crippen LogP) is 3.32. The molecule has 7 heteroatoms. The van der Waals surface area contributed by atoms with E-state index in [1.807, 2.05) is 25.1 Å². The molecule has 0 radical (unpaired) electrons. The van der Waals surface area contributed by atoms with Crippen LogP contribution in [-0.2, 0) is 0 Å². The second kappa shape index (κ2) is 6.93. The van der Waals surface area contributed by atoms with Gasteiger partial charge in [0.1, 0.15) is 5.52 Å². The third-order valence-corrected chi connectivity index (χ3v) is 5.41. The van der Waals surface area contributed by atoms with Gasteiger partial charge in [-0.2, -0.15) is 0 Å². The van der Waals surface area contributed by atoms with Gasteiger partial charge in [0.2, 0.25) is 0 Å². The van der Waals surface area contributed by atoms with Crippen molar-refractivity contribution in [3.8, 4) is 11.3 Å². The topological polar surface area (TPSA) is 76.5 Å². The minimum Gasteiger partial charge on any atom is -0.441 e. The zero-order valence-corrected chi connectivity index (χ0v) is 16.4. The van der Waals surface area contributed by atoms with Crippen LogP contribution in [0.15, 0.2) is 51.9 Å². The van der Waals surface area contributed by atoms with Crippen LogP contribution in [0.1, 0.15) is 24.9 Å². The number of nitrogens with zero attached hydrogens (tertiary/aromatic N) is 5. The molecular weight excluding hydrogens is 366 g/mol. The Kier molecular flexibility index (Phi) is 4.24. The lowest BCUT2D eigenvalue weighted by Crippen LogP contribution is -2.28. The van der Waals surface area contributed by atoms with E-state index in [2.05, 4.69) is 32.9 Å². The fourth-order valence-electron chi connectivity index (χ4n) is 3.76. The zero-order valence-electron chi connectivity index (χ0n) is 16.4. The van der Waals surface area contributed by atoms with Crippen molar-refractivity contribution in [2.45, 2.75) is 20.3 Å². The van der Waals surface area contributed by atoms with Crippen LogP contribution >= 0.6 is 0 Å². The highest BCUT2D eigenvalue weighted by Crippen LogP contribution is 2.24. The molecule has 0 saturated carbocycles. The van der Waals surface area contributed by atoms with Crippen molar-refractivity contribution in [2.24, 2.45) is 0 Å². The molecule has 0 aliphatic carbocycles. The average molecular weight is 387 g/mol. The average Bonchev–Trinajstić information content (AvgIpc) is 3.12. The molecule has 0 bridgehead atoms. The van der Waals surface area contributed by atoms with E-state index in [1.54, 1.807) is 22.9 Å². The smallest absolute Gasteiger partial charge is 0.258 e. The van der Waals surface area contributed by atoms with E-state index < -0.39 is 0 Å². The lowest BCUT2D eigenvalue weighted by molar-refractivity contribution is 0.318. The molecular formula is C22H21N5O2. The maximum atomic E-state index is 12.8. The van der Waals surface area contributed by atoms with E-state index in [0.717, 1.165) is 42.8 Å². The number of aryl methyl sites for hydroxylation is 1. The Balaban J connectivity index is 1.54. The van der Waals surface area contributed by atoms with Crippen LogP contribution < -0.4 is 5.56 Å². The van der Waals surface area contributed by atoms with E-state index in [-0.39, 0.29) is 5.56 Å². The summed E-state index contributed by atoms with van der Waals surface area (Å²) in [6, 6.07) is 7.19. The van der Waals surface area contributed by atoms with Crippen LogP contribution in [0.5, 0.6) is 0 Å². The Bertz CT molecular complexity index is 1320. The van der Waals surface area contributed by atoms with Gasteiger partial charge >= 0.3 is 0 Å². The molecule has 0 amide bonds. The predicted molar refractivity (Wildman–Crippen MR) is 112 cm³/mol. The van der Waals surface area contributed by atoms with Gasteiger partial charge in [-0.25, -0.2) is 9.97 Å². The van der Waals surface area contributed by atoms with Crippen LogP contribution in [-0.4, -0.2) is 43.9 Å². The molecule has 0 fully saturated rings. The van der Waals surface area contributed by atoms with E-state index in [9.17, 15) is 4.79 Å². The number of hydrogen-bond donors (Lipinski definition) is 0. The molecule has 4 heterocycles. The molecule has 0 unspecified atom stereocenters. The van der Waals surface area contributed by atoms with E-state index in [4.69, 9.17) is 4.42 Å². The highest BCUT2D eigenvalue weighted by atomic mass is 16.3. The Labute approximate surface area is 167 Å². The third kappa shape index (κ3) is 3.23.